The second-order valence-corrected chi connectivity index (χ2v) is 5.92. The van der Waals surface area contributed by atoms with Gasteiger partial charge in [0.25, 0.3) is 0 Å². The van der Waals surface area contributed by atoms with Gasteiger partial charge in [-0.05, 0) is 32.3 Å². The van der Waals surface area contributed by atoms with Gasteiger partial charge in [0, 0.05) is 12.7 Å². The van der Waals surface area contributed by atoms with Gasteiger partial charge >= 0.3 is 5.97 Å². The molecule has 1 atom stereocenters. The first-order valence-electron chi connectivity index (χ1n) is 7.57. The zero-order valence-electron chi connectivity index (χ0n) is 12.4. The average Bonchev–Trinajstić information content (AvgIpc) is 2.94. The Morgan fingerprint density at radius 1 is 1.50 bits per heavy atom. The molecule has 1 unspecified atom stereocenters. The van der Waals surface area contributed by atoms with Gasteiger partial charge in [-0.2, -0.15) is 5.10 Å². The third-order valence-electron chi connectivity index (χ3n) is 4.45. The highest BCUT2D eigenvalue weighted by molar-refractivity contribution is 5.78. The van der Waals surface area contributed by atoms with E-state index in [-0.39, 0.29) is 0 Å². The van der Waals surface area contributed by atoms with E-state index >= 15 is 0 Å². The van der Waals surface area contributed by atoms with E-state index in [9.17, 15) is 9.90 Å². The average molecular weight is 279 g/mol. The molecular weight excluding hydrogens is 254 g/mol. The number of aromatic nitrogens is 2. The van der Waals surface area contributed by atoms with E-state index in [1.54, 1.807) is 6.92 Å². The molecule has 5 nitrogen and oxygen atoms in total. The molecule has 0 saturated heterocycles. The molecule has 0 radical (unpaired) electrons. The van der Waals surface area contributed by atoms with Crippen LogP contribution in [0.25, 0.3) is 0 Å². The maximum absolute atomic E-state index is 11.2. The first-order valence-corrected chi connectivity index (χ1v) is 7.57. The minimum Gasteiger partial charge on any atom is -0.480 e. The van der Waals surface area contributed by atoms with Crippen LogP contribution in [0.1, 0.15) is 64.1 Å². The molecule has 1 heterocycles. The van der Waals surface area contributed by atoms with Crippen LogP contribution in [0, 0.1) is 0 Å². The molecule has 1 saturated carbocycles. The largest absolute Gasteiger partial charge is 0.480 e. The summed E-state index contributed by atoms with van der Waals surface area (Å²) in [6, 6.07) is 2.51. The maximum atomic E-state index is 11.2. The van der Waals surface area contributed by atoms with E-state index in [0.717, 1.165) is 5.69 Å². The molecule has 0 amide bonds. The van der Waals surface area contributed by atoms with E-state index < -0.39 is 11.5 Å². The molecular formula is C15H25N3O2. The van der Waals surface area contributed by atoms with Crippen LogP contribution in [-0.2, 0) is 11.3 Å². The van der Waals surface area contributed by atoms with Crippen molar-refractivity contribution < 1.29 is 9.90 Å². The van der Waals surface area contributed by atoms with Crippen LogP contribution in [0.2, 0.25) is 0 Å². The van der Waals surface area contributed by atoms with Gasteiger partial charge in [0.2, 0.25) is 0 Å². The number of nitrogens with one attached hydrogen (secondary N) is 1. The van der Waals surface area contributed by atoms with Crippen LogP contribution in [0.15, 0.2) is 12.3 Å². The number of hydrogen-bond acceptors (Lipinski definition) is 3. The minimum atomic E-state index is -0.880. The molecule has 2 N–H and O–H groups in total. The van der Waals surface area contributed by atoms with Crippen molar-refractivity contribution in [2.75, 3.05) is 0 Å². The van der Waals surface area contributed by atoms with Crippen molar-refractivity contribution >= 4 is 5.97 Å². The number of nitrogens with zero attached hydrogens (tertiary/aromatic N) is 2. The SMILES string of the molecule is CCC(C)(NCc1ccn(C2CCCCC2)n1)C(=O)O. The standard InChI is InChI=1S/C15H25N3O2/c1-3-15(2,14(19)20)16-11-12-9-10-18(17-12)13-7-5-4-6-8-13/h9-10,13,16H,3-8,11H2,1-2H3,(H,19,20). The Bertz CT molecular complexity index is 452. The van der Waals surface area contributed by atoms with Crippen LogP contribution in [0.3, 0.4) is 0 Å². The van der Waals surface area contributed by atoms with E-state index in [4.69, 9.17) is 0 Å². The summed E-state index contributed by atoms with van der Waals surface area (Å²) in [5.74, 6) is -0.813. The zero-order chi connectivity index (χ0) is 14.6. The molecule has 0 spiro atoms. The molecule has 2 rings (SSSR count). The molecule has 5 heteroatoms. The highest BCUT2D eigenvalue weighted by Crippen LogP contribution is 2.27. The highest BCUT2D eigenvalue weighted by Gasteiger charge is 2.30. The van der Waals surface area contributed by atoms with Crippen LogP contribution < -0.4 is 5.32 Å². The molecule has 1 aromatic heterocycles. The molecule has 112 valence electrons. The van der Waals surface area contributed by atoms with Crippen molar-refractivity contribution in [1.82, 2.24) is 15.1 Å². The molecule has 0 bridgehead atoms. The topological polar surface area (TPSA) is 67.2 Å². The lowest BCUT2D eigenvalue weighted by Crippen LogP contribution is -2.48. The van der Waals surface area contributed by atoms with Crippen molar-refractivity contribution in [3.05, 3.63) is 18.0 Å². The van der Waals surface area contributed by atoms with Crippen LogP contribution in [0.5, 0.6) is 0 Å². The number of rotatable bonds is 6. The fourth-order valence-corrected chi connectivity index (χ4v) is 2.66. The molecule has 1 aliphatic rings. The van der Waals surface area contributed by atoms with Crippen molar-refractivity contribution in [3.8, 4) is 0 Å². The van der Waals surface area contributed by atoms with Gasteiger partial charge in [0.15, 0.2) is 0 Å². The summed E-state index contributed by atoms with van der Waals surface area (Å²) in [6.45, 7) is 4.09. The molecule has 0 aromatic carbocycles. The number of hydrogen-bond donors (Lipinski definition) is 2. The van der Waals surface area contributed by atoms with Gasteiger partial charge in [-0.25, -0.2) is 0 Å². The van der Waals surface area contributed by atoms with Gasteiger partial charge in [0.05, 0.1) is 11.7 Å². The van der Waals surface area contributed by atoms with Crippen molar-refractivity contribution in [3.63, 3.8) is 0 Å². The Hall–Kier alpha value is -1.36. The van der Waals surface area contributed by atoms with Crippen molar-refractivity contribution in [2.24, 2.45) is 0 Å². The number of carbonyl (C=O) groups is 1. The Labute approximate surface area is 120 Å². The van der Waals surface area contributed by atoms with Gasteiger partial charge in [-0.3, -0.25) is 14.8 Å². The predicted molar refractivity (Wildman–Crippen MR) is 77.5 cm³/mol. The second kappa shape index (κ2) is 6.39. The Balaban J connectivity index is 1.94. The van der Waals surface area contributed by atoms with Crippen molar-refractivity contribution in [2.45, 2.75) is 70.5 Å². The summed E-state index contributed by atoms with van der Waals surface area (Å²) in [6.07, 6.45) is 8.88. The van der Waals surface area contributed by atoms with E-state index in [2.05, 4.69) is 15.1 Å². The summed E-state index contributed by atoms with van der Waals surface area (Å²) in [5, 5.41) is 16.9. The predicted octanol–water partition coefficient (Wildman–Crippen LogP) is 2.73. The number of aliphatic carboxylic acids is 1. The minimum absolute atomic E-state index is 0.496. The van der Waals surface area contributed by atoms with E-state index in [1.165, 1.54) is 32.1 Å². The fourth-order valence-electron chi connectivity index (χ4n) is 2.66. The summed E-state index contributed by atoms with van der Waals surface area (Å²) >= 11 is 0. The van der Waals surface area contributed by atoms with E-state index in [0.29, 0.717) is 19.0 Å². The lowest BCUT2D eigenvalue weighted by Gasteiger charge is -2.24. The molecule has 0 aliphatic heterocycles. The van der Waals surface area contributed by atoms with Crippen LogP contribution >= 0.6 is 0 Å². The van der Waals surface area contributed by atoms with Gasteiger partial charge in [-0.1, -0.05) is 26.2 Å². The third-order valence-corrected chi connectivity index (χ3v) is 4.45. The quantitative estimate of drug-likeness (QED) is 0.840. The number of carboxylic acid groups (broad SMARTS) is 1. The highest BCUT2D eigenvalue weighted by atomic mass is 16.4. The Morgan fingerprint density at radius 3 is 2.80 bits per heavy atom. The molecule has 1 aliphatic carbocycles. The smallest absolute Gasteiger partial charge is 0.323 e. The fraction of sp³-hybridized carbons (Fsp3) is 0.733. The molecule has 20 heavy (non-hydrogen) atoms. The monoisotopic (exact) mass is 279 g/mol. The summed E-state index contributed by atoms with van der Waals surface area (Å²) in [5.41, 5.74) is 0.0331. The van der Waals surface area contributed by atoms with Gasteiger partial charge in [-0.15, -0.1) is 0 Å². The zero-order valence-corrected chi connectivity index (χ0v) is 12.4. The van der Waals surface area contributed by atoms with Gasteiger partial charge in [0.1, 0.15) is 5.54 Å². The second-order valence-electron chi connectivity index (χ2n) is 5.92. The Kier molecular flexibility index (Phi) is 4.81. The maximum Gasteiger partial charge on any atom is 0.323 e. The third kappa shape index (κ3) is 3.39. The molecule has 1 aromatic rings. The summed E-state index contributed by atoms with van der Waals surface area (Å²) < 4.78 is 2.06. The molecule has 1 fully saturated rings. The first-order chi connectivity index (χ1) is 9.55. The first kappa shape index (κ1) is 15.0. The normalized spacial score (nSPS) is 19.7. The van der Waals surface area contributed by atoms with Crippen LogP contribution in [0.4, 0.5) is 0 Å². The van der Waals surface area contributed by atoms with Crippen LogP contribution in [-0.4, -0.2) is 26.4 Å². The Morgan fingerprint density at radius 2 is 2.20 bits per heavy atom. The van der Waals surface area contributed by atoms with Gasteiger partial charge < -0.3 is 5.11 Å². The lowest BCUT2D eigenvalue weighted by molar-refractivity contribution is -0.144. The van der Waals surface area contributed by atoms with E-state index in [1.807, 2.05) is 19.2 Å². The lowest BCUT2D eigenvalue weighted by atomic mass is 9.96. The number of carboxylic acids is 1. The summed E-state index contributed by atoms with van der Waals surface area (Å²) in [4.78, 5) is 11.2. The van der Waals surface area contributed by atoms with Crippen molar-refractivity contribution in [1.29, 1.82) is 0 Å². The summed E-state index contributed by atoms with van der Waals surface area (Å²) in [7, 11) is 0.